The van der Waals surface area contributed by atoms with Crippen LogP contribution in [0.1, 0.15) is 39.0 Å². The van der Waals surface area contributed by atoms with E-state index in [9.17, 15) is 40.3 Å². The van der Waals surface area contributed by atoms with Crippen LogP contribution in [0, 0.1) is 17.8 Å². The molecule has 0 aromatic rings. The number of rotatable bonds is 5. The van der Waals surface area contributed by atoms with Gasteiger partial charge in [0.2, 0.25) is 0 Å². The largest absolute Gasteiger partial charge is 0.465 e. The lowest BCUT2D eigenvalue weighted by Crippen LogP contribution is -2.62. The van der Waals surface area contributed by atoms with E-state index in [0.29, 0.717) is 31.9 Å². The van der Waals surface area contributed by atoms with Gasteiger partial charge in [-0.1, -0.05) is 0 Å². The van der Waals surface area contributed by atoms with Crippen molar-refractivity contribution in [2.75, 3.05) is 12.4 Å². The van der Waals surface area contributed by atoms with Gasteiger partial charge >= 0.3 is 30.0 Å². The first-order chi connectivity index (χ1) is 14.6. The van der Waals surface area contributed by atoms with Crippen molar-refractivity contribution >= 4 is 35.5 Å². The highest BCUT2D eigenvalue weighted by atomic mass is 32.2. The maximum Gasteiger partial charge on any atom is 0.465 e. The molecule has 13 heteroatoms. The molecular weight excluding hydrogens is 489 g/mol. The van der Waals surface area contributed by atoms with Crippen molar-refractivity contribution in [2.24, 2.45) is 17.8 Å². The lowest BCUT2D eigenvalue weighted by molar-refractivity contribution is -0.280. The Kier molecular flexibility index (Phi) is 5.75. The molecule has 1 spiro atoms. The zero-order valence-corrected chi connectivity index (χ0v) is 18.5. The molecule has 1 saturated heterocycles. The van der Waals surface area contributed by atoms with Crippen molar-refractivity contribution in [1.82, 2.24) is 0 Å². The summed E-state index contributed by atoms with van der Waals surface area (Å²) in [5.74, 6) is -12.7. The summed E-state index contributed by atoms with van der Waals surface area (Å²) in [6.45, 7) is -0.0802. The van der Waals surface area contributed by atoms with Crippen LogP contribution in [0.3, 0.4) is 0 Å². The topological polar surface area (TPSA) is 52.6 Å². The zero-order valence-electron chi connectivity index (χ0n) is 16.9. The summed E-state index contributed by atoms with van der Waals surface area (Å²) in [6, 6.07) is 0. The Bertz CT molecular complexity index is 782. The van der Waals surface area contributed by atoms with Crippen molar-refractivity contribution in [3.05, 3.63) is 0 Å². The van der Waals surface area contributed by atoms with Crippen LogP contribution >= 0.6 is 23.5 Å². The van der Waals surface area contributed by atoms with Crippen LogP contribution in [0.25, 0.3) is 0 Å². The second-order valence-electron chi connectivity index (χ2n) is 9.25. The molecule has 5 aliphatic rings. The first-order valence-corrected chi connectivity index (χ1v) is 12.0. The number of ether oxygens (including phenoxy) is 2. The summed E-state index contributed by atoms with van der Waals surface area (Å²) in [4.78, 5) is 23.1. The van der Waals surface area contributed by atoms with Gasteiger partial charge < -0.3 is 9.47 Å². The minimum Gasteiger partial charge on any atom is -0.460 e. The van der Waals surface area contributed by atoms with Gasteiger partial charge in [-0.05, 0) is 49.9 Å². The summed E-state index contributed by atoms with van der Waals surface area (Å²) in [5, 5.41) is -0.469. The summed E-state index contributed by atoms with van der Waals surface area (Å²) in [6.07, 6.45) is -3.08. The van der Waals surface area contributed by atoms with E-state index >= 15 is 0 Å². The molecule has 5 fully saturated rings. The van der Waals surface area contributed by atoms with Crippen LogP contribution in [-0.4, -0.2) is 57.2 Å². The van der Waals surface area contributed by atoms with Crippen molar-refractivity contribution in [3.63, 3.8) is 0 Å². The predicted octanol–water partition coefficient (Wildman–Crippen LogP) is 5.05. The maximum absolute atomic E-state index is 13.4. The highest BCUT2D eigenvalue weighted by Gasteiger charge is 2.67. The molecule has 0 N–H and O–H groups in total. The first-order valence-electron chi connectivity index (χ1n) is 10.1. The van der Waals surface area contributed by atoms with Gasteiger partial charge in [0.25, 0.3) is 0 Å². The number of thioether (sulfide) groups is 2. The molecule has 5 rings (SSSR count). The Morgan fingerprint density at radius 2 is 1.56 bits per heavy atom. The van der Waals surface area contributed by atoms with E-state index in [4.69, 9.17) is 4.74 Å². The Morgan fingerprint density at radius 3 is 2.09 bits per heavy atom. The highest BCUT2D eigenvalue weighted by molar-refractivity contribution is 8.21. The molecule has 4 nitrogen and oxygen atoms in total. The van der Waals surface area contributed by atoms with E-state index in [1.54, 1.807) is 11.8 Å². The average molecular weight is 510 g/mol. The average Bonchev–Trinajstić information content (AvgIpc) is 3.07. The quantitative estimate of drug-likeness (QED) is 0.381. The van der Waals surface area contributed by atoms with Crippen molar-refractivity contribution in [1.29, 1.82) is 0 Å². The van der Waals surface area contributed by atoms with E-state index in [0.717, 1.165) is 12.8 Å². The SMILES string of the molecule is CC(F)(F)C(=O)OC12CC3CC(C1)C1(SCC(COC(=O)C(F)(F)C(F)(F)F)S1)C(C3)C2. The second-order valence-corrected chi connectivity index (χ2v) is 12.4. The van der Waals surface area contributed by atoms with Crippen LogP contribution in [0.15, 0.2) is 0 Å². The second kappa shape index (κ2) is 7.58. The summed E-state index contributed by atoms with van der Waals surface area (Å²) in [7, 11) is 0. The molecule has 182 valence electrons. The molecule has 3 unspecified atom stereocenters. The third-order valence-corrected chi connectivity index (χ3v) is 11.0. The standard InChI is InChI=1S/C19H21F7O4S2/c1-15(20,21)13(27)30-16-4-9-2-10(5-16)17(11(3-9)6-16)31-8-12(32-17)7-29-14(28)18(22,23)19(24,25)26/h9-12H,2-8H2,1H3. The molecule has 0 aromatic carbocycles. The molecule has 0 radical (unpaired) electrons. The number of hydrogen-bond acceptors (Lipinski definition) is 6. The Balaban J connectivity index is 1.41. The minimum atomic E-state index is -6.02. The van der Waals surface area contributed by atoms with E-state index < -0.39 is 47.4 Å². The molecule has 0 aromatic heterocycles. The fourth-order valence-electron chi connectivity index (χ4n) is 5.70. The van der Waals surface area contributed by atoms with E-state index in [1.165, 1.54) is 11.8 Å². The number of halogens is 7. The third-order valence-electron chi connectivity index (χ3n) is 6.80. The lowest BCUT2D eigenvalue weighted by atomic mass is 9.53. The van der Waals surface area contributed by atoms with Gasteiger partial charge in [0, 0.05) is 17.9 Å². The molecule has 3 atom stereocenters. The fourth-order valence-corrected chi connectivity index (χ4v) is 9.84. The van der Waals surface area contributed by atoms with Gasteiger partial charge in [-0.15, -0.1) is 23.5 Å². The lowest BCUT2D eigenvalue weighted by Gasteiger charge is -2.63. The molecule has 4 bridgehead atoms. The van der Waals surface area contributed by atoms with Gasteiger partial charge in [-0.2, -0.15) is 30.7 Å². The molecule has 1 aliphatic heterocycles. The monoisotopic (exact) mass is 510 g/mol. The van der Waals surface area contributed by atoms with E-state index in [-0.39, 0.29) is 21.8 Å². The van der Waals surface area contributed by atoms with Crippen LogP contribution in [-0.2, 0) is 19.1 Å². The summed E-state index contributed by atoms with van der Waals surface area (Å²) < 4.78 is 99.3. The normalized spacial score (nSPS) is 38.9. The number of hydrogen-bond donors (Lipinski definition) is 0. The summed E-state index contributed by atoms with van der Waals surface area (Å²) >= 11 is 2.95. The number of alkyl halides is 7. The molecule has 0 amide bonds. The molecule has 4 saturated carbocycles. The van der Waals surface area contributed by atoms with Crippen LogP contribution in [0.2, 0.25) is 0 Å². The number of carbonyl (C=O) groups excluding carboxylic acids is 2. The number of esters is 2. The summed E-state index contributed by atoms with van der Waals surface area (Å²) in [5.41, 5.74) is -0.946. The van der Waals surface area contributed by atoms with Gasteiger partial charge in [0.15, 0.2) is 0 Å². The maximum atomic E-state index is 13.4. The number of carbonyl (C=O) groups is 2. The Labute approximate surface area is 187 Å². The zero-order chi connectivity index (χ0) is 23.7. The Morgan fingerprint density at radius 1 is 0.969 bits per heavy atom. The Hall–Kier alpha value is -0.850. The van der Waals surface area contributed by atoms with Crippen molar-refractivity contribution in [3.8, 4) is 0 Å². The van der Waals surface area contributed by atoms with Crippen LogP contribution in [0.5, 0.6) is 0 Å². The van der Waals surface area contributed by atoms with E-state index in [2.05, 4.69) is 4.74 Å². The molecule has 4 aliphatic carbocycles. The fraction of sp³-hybridized carbons (Fsp3) is 0.895. The molecule has 1 heterocycles. The van der Waals surface area contributed by atoms with Gasteiger partial charge in [-0.3, -0.25) is 0 Å². The molecule has 32 heavy (non-hydrogen) atoms. The molecular formula is C19H21F7O4S2. The van der Waals surface area contributed by atoms with Crippen LogP contribution < -0.4 is 0 Å². The highest BCUT2D eigenvalue weighted by Crippen LogP contribution is 2.71. The smallest absolute Gasteiger partial charge is 0.460 e. The third kappa shape index (κ3) is 3.98. The van der Waals surface area contributed by atoms with Gasteiger partial charge in [0.05, 0.1) is 4.08 Å². The van der Waals surface area contributed by atoms with Gasteiger partial charge in [-0.25, -0.2) is 9.59 Å². The van der Waals surface area contributed by atoms with Crippen molar-refractivity contribution < 1.29 is 49.8 Å². The minimum absolute atomic E-state index is 0.0133. The first kappa shape index (κ1) is 24.3. The van der Waals surface area contributed by atoms with Crippen LogP contribution in [0.4, 0.5) is 30.7 Å². The van der Waals surface area contributed by atoms with Gasteiger partial charge in [0.1, 0.15) is 12.2 Å². The van der Waals surface area contributed by atoms with E-state index in [1.807, 2.05) is 0 Å². The predicted molar refractivity (Wildman–Crippen MR) is 102 cm³/mol. The van der Waals surface area contributed by atoms with Crippen molar-refractivity contribution in [2.45, 2.75) is 72.0 Å².